The number of piperazine rings is 1. The van der Waals surface area contributed by atoms with Crippen LogP contribution in [0.3, 0.4) is 0 Å². The highest BCUT2D eigenvalue weighted by Gasteiger charge is 2.30. The van der Waals surface area contributed by atoms with Crippen LogP contribution in [0, 0.1) is 0 Å². The molecule has 0 aliphatic carbocycles. The number of sulfonamides is 1. The van der Waals surface area contributed by atoms with Crippen LogP contribution in [0.25, 0.3) is 11.0 Å². The Morgan fingerprint density at radius 3 is 2.72 bits per heavy atom. The second kappa shape index (κ2) is 7.73. The second-order valence-corrected chi connectivity index (χ2v) is 8.25. The number of hydrogen-bond acceptors (Lipinski definition) is 8. The topological polar surface area (TPSA) is 92.7 Å². The zero-order valence-electron chi connectivity index (χ0n) is 13.9. The third-order valence-corrected chi connectivity index (χ3v) is 6.75. The van der Waals surface area contributed by atoms with Gasteiger partial charge in [0.05, 0.1) is 18.8 Å². The lowest BCUT2D eigenvalue weighted by Crippen LogP contribution is -2.48. The Morgan fingerprint density at radius 2 is 2.00 bits per heavy atom. The molecular formula is C15H20N4O4S2. The molecule has 2 heterocycles. The van der Waals surface area contributed by atoms with Crippen molar-refractivity contribution in [3.63, 3.8) is 0 Å². The quantitative estimate of drug-likeness (QED) is 0.685. The lowest BCUT2D eigenvalue weighted by molar-refractivity contribution is -0.140. The lowest BCUT2D eigenvalue weighted by Gasteiger charge is -2.33. The third kappa shape index (κ3) is 3.97. The zero-order valence-corrected chi connectivity index (χ0v) is 15.6. The number of aromatic nitrogens is 2. The van der Waals surface area contributed by atoms with Gasteiger partial charge >= 0.3 is 5.97 Å². The Kier molecular flexibility index (Phi) is 5.62. The molecule has 0 spiro atoms. The van der Waals surface area contributed by atoms with Crippen LogP contribution < -0.4 is 0 Å². The van der Waals surface area contributed by atoms with Crippen LogP contribution in [0.1, 0.15) is 12.8 Å². The summed E-state index contributed by atoms with van der Waals surface area (Å²) in [7, 11) is -2.20. The molecule has 1 aromatic heterocycles. The van der Waals surface area contributed by atoms with E-state index in [0.29, 0.717) is 50.1 Å². The molecule has 1 aliphatic heterocycles. The first-order valence-electron chi connectivity index (χ1n) is 8.03. The van der Waals surface area contributed by atoms with Gasteiger partial charge in [-0.2, -0.15) is 13.1 Å². The fourth-order valence-corrected chi connectivity index (χ4v) is 5.05. The molecule has 25 heavy (non-hydrogen) atoms. The minimum Gasteiger partial charge on any atom is -0.469 e. The lowest BCUT2D eigenvalue weighted by atomic mass is 10.2. The van der Waals surface area contributed by atoms with Gasteiger partial charge in [-0.15, -0.1) is 0 Å². The smallest absolute Gasteiger partial charge is 0.305 e. The van der Waals surface area contributed by atoms with Crippen molar-refractivity contribution in [2.45, 2.75) is 17.7 Å². The monoisotopic (exact) mass is 384 g/mol. The van der Waals surface area contributed by atoms with E-state index in [1.807, 2.05) is 0 Å². The molecular weight excluding hydrogens is 364 g/mol. The SMILES string of the molecule is COC(=O)CCCN1CCN(S(=O)(=O)c2cccc3nsnc23)CC1. The molecule has 2 aromatic rings. The maximum absolute atomic E-state index is 12.9. The van der Waals surface area contributed by atoms with Crippen LogP contribution in [0.15, 0.2) is 23.1 Å². The van der Waals surface area contributed by atoms with Crippen molar-refractivity contribution in [3.05, 3.63) is 18.2 Å². The molecule has 0 N–H and O–H groups in total. The van der Waals surface area contributed by atoms with Gasteiger partial charge in [-0.1, -0.05) is 6.07 Å². The number of hydrogen-bond donors (Lipinski definition) is 0. The maximum Gasteiger partial charge on any atom is 0.305 e. The Hall–Kier alpha value is -1.62. The van der Waals surface area contributed by atoms with E-state index in [2.05, 4.69) is 18.4 Å². The molecule has 0 bridgehead atoms. The average Bonchev–Trinajstić information content (AvgIpc) is 3.10. The predicted octanol–water partition coefficient (Wildman–Crippen LogP) is 0.951. The number of fused-ring (bicyclic) bond motifs is 1. The van der Waals surface area contributed by atoms with E-state index in [9.17, 15) is 13.2 Å². The number of esters is 1. The first-order chi connectivity index (χ1) is 12.0. The van der Waals surface area contributed by atoms with Crippen molar-refractivity contribution in [2.24, 2.45) is 0 Å². The highest BCUT2D eigenvalue weighted by Crippen LogP contribution is 2.25. The fourth-order valence-electron chi connectivity index (χ4n) is 2.87. The molecule has 0 atom stereocenters. The van der Waals surface area contributed by atoms with Crippen LogP contribution in [0.5, 0.6) is 0 Å². The predicted molar refractivity (Wildman–Crippen MR) is 93.9 cm³/mol. The van der Waals surface area contributed by atoms with Crippen molar-refractivity contribution in [2.75, 3.05) is 39.8 Å². The number of methoxy groups -OCH3 is 1. The van der Waals surface area contributed by atoms with Crippen molar-refractivity contribution in [1.82, 2.24) is 18.0 Å². The van der Waals surface area contributed by atoms with Crippen LogP contribution in [-0.4, -0.2) is 72.2 Å². The third-order valence-electron chi connectivity index (χ3n) is 4.28. The first kappa shape index (κ1) is 18.2. The molecule has 0 amide bonds. The Bertz CT molecular complexity index is 844. The summed E-state index contributed by atoms with van der Waals surface area (Å²) in [6.07, 6.45) is 1.09. The van der Waals surface area contributed by atoms with Crippen molar-refractivity contribution in [3.8, 4) is 0 Å². The summed E-state index contributed by atoms with van der Waals surface area (Å²) in [5.74, 6) is -0.216. The minimum absolute atomic E-state index is 0.216. The maximum atomic E-state index is 12.9. The summed E-state index contributed by atoms with van der Waals surface area (Å²) >= 11 is 1.01. The largest absolute Gasteiger partial charge is 0.469 e. The van der Waals surface area contributed by atoms with E-state index >= 15 is 0 Å². The minimum atomic E-state index is -3.58. The van der Waals surface area contributed by atoms with Gasteiger partial charge in [0, 0.05) is 32.6 Å². The van der Waals surface area contributed by atoms with Crippen LogP contribution in [-0.2, 0) is 19.6 Å². The van der Waals surface area contributed by atoms with Crippen molar-refractivity contribution >= 4 is 38.8 Å². The number of nitrogens with zero attached hydrogens (tertiary/aromatic N) is 4. The average molecular weight is 384 g/mol. The highest BCUT2D eigenvalue weighted by atomic mass is 32.2. The zero-order chi connectivity index (χ0) is 17.9. The van der Waals surface area contributed by atoms with Crippen molar-refractivity contribution < 1.29 is 17.9 Å². The summed E-state index contributed by atoms with van der Waals surface area (Å²) in [6, 6.07) is 5.04. The number of ether oxygens (including phenoxy) is 1. The normalized spacial score (nSPS) is 17.0. The molecule has 1 aromatic carbocycles. The Balaban J connectivity index is 1.62. The van der Waals surface area contributed by atoms with Crippen molar-refractivity contribution in [1.29, 1.82) is 0 Å². The number of carbonyl (C=O) groups is 1. The van der Waals surface area contributed by atoms with Gasteiger partial charge < -0.3 is 9.64 Å². The van der Waals surface area contributed by atoms with Crippen LogP contribution in [0.4, 0.5) is 0 Å². The molecule has 8 nitrogen and oxygen atoms in total. The first-order valence-corrected chi connectivity index (χ1v) is 10.2. The van der Waals surface area contributed by atoms with E-state index in [-0.39, 0.29) is 10.9 Å². The van der Waals surface area contributed by atoms with E-state index in [1.54, 1.807) is 18.2 Å². The molecule has 1 aliphatic rings. The highest BCUT2D eigenvalue weighted by molar-refractivity contribution is 7.89. The molecule has 0 radical (unpaired) electrons. The second-order valence-electron chi connectivity index (χ2n) is 5.81. The molecule has 136 valence electrons. The Morgan fingerprint density at radius 1 is 1.24 bits per heavy atom. The molecule has 10 heteroatoms. The van der Waals surface area contributed by atoms with Crippen LogP contribution in [0.2, 0.25) is 0 Å². The van der Waals surface area contributed by atoms with Crippen LogP contribution >= 0.6 is 11.7 Å². The van der Waals surface area contributed by atoms with Gasteiger partial charge in [0.2, 0.25) is 10.0 Å². The summed E-state index contributed by atoms with van der Waals surface area (Å²) in [4.78, 5) is 13.5. The van der Waals surface area contributed by atoms with E-state index < -0.39 is 10.0 Å². The van der Waals surface area contributed by atoms with Gasteiger partial charge in [-0.05, 0) is 25.1 Å². The number of carbonyl (C=O) groups excluding carboxylic acids is 1. The van der Waals surface area contributed by atoms with Gasteiger partial charge in [0.25, 0.3) is 0 Å². The molecule has 0 unspecified atom stereocenters. The summed E-state index contributed by atoms with van der Waals surface area (Å²) in [6.45, 7) is 2.90. The van der Waals surface area contributed by atoms with Gasteiger partial charge in [0.15, 0.2) is 0 Å². The summed E-state index contributed by atoms with van der Waals surface area (Å²) in [5, 5.41) is 0. The fraction of sp³-hybridized carbons (Fsp3) is 0.533. The molecule has 0 saturated carbocycles. The molecule has 1 fully saturated rings. The van der Waals surface area contributed by atoms with Gasteiger partial charge in [-0.3, -0.25) is 4.79 Å². The number of rotatable bonds is 6. The summed E-state index contributed by atoms with van der Waals surface area (Å²) < 4.78 is 40.2. The molecule has 1 saturated heterocycles. The number of benzene rings is 1. The summed E-state index contributed by atoms with van der Waals surface area (Å²) in [5.41, 5.74) is 1.04. The van der Waals surface area contributed by atoms with E-state index in [4.69, 9.17) is 0 Å². The molecule has 3 rings (SSSR count). The van der Waals surface area contributed by atoms with E-state index in [1.165, 1.54) is 11.4 Å². The standard InChI is InChI=1S/C15H20N4O4S2/c1-23-14(20)6-3-7-18-8-10-19(11-9-18)25(21,22)13-5-2-4-12-15(13)17-24-16-12/h2,4-5H,3,6-11H2,1H3. The Labute approximate surface area is 150 Å². The van der Waals surface area contributed by atoms with Gasteiger partial charge in [0.1, 0.15) is 15.9 Å². The van der Waals surface area contributed by atoms with E-state index in [0.717, 1.165) is 18.3 Å². The van der Waals surface area contributed by atoms with Gasteiger partial charge in [-0.25, -0.2) is 8.42 Å².